The summed E-state index contributed by atoms with van der Waals surface area (Å²) in [7, 11) is 2.03. The molecule has 2 rings (SSSR count). The Balaban J connectivity index is 1.79. The molecule has 0 bridgehead atoms. The van der Waals surface area contributed by atoms with Gasteiger partial charge in [0.05, 0.1) is 23.8 Å². The topological polar surface area (TPSA) is 45.6 Å². The third kappa shape index (κ3) is 3.67. The highest BCUT2D eigenvalue weighted by molar-refractivity contribution is 7.15. The van der Waals surface area contributed by atoms with Gasteiger partial charge in [0, 0.05) is 20.2 Å². The summed E-state index contributed by atoms with van der Waals surface area (Å²) in [5.74, 6) is 0.822. The number of rotatable bonds is 8. The number of nitrogens with zero attached hydrogens (tertiary/aromatic N) is 2. The molecule has 1 aliphatic rings. The van der Waals surface area contributed by atoms with E-state index in [1.54, 1.807) is 11.3 Å². The minimum atomic E-state index is 0.0901. The summed E-state index contributed by atoms with van der Waals surface area (Å²) < 4.78 is 5.63. The highest BCUT2D eigenvalue weighted by Crippen LogP contribution is 2.29. The highest BCUT2D eigenvalue weighted by Gasteiger charge is 2.21. The van der Waals surface area contributed by atoms with Crippen molar-refractivity contribution in [1.29, 1.82) is 0 Å². The first-order valence-electron chi connectivity index (χ1n) is 6.63. The lowest BCUT2D eigenvalue weighted by molar-refractivity contribution is 0.131. The van der Waals surface area contributed by atoms with Crippen LogP contribution in [-0.2, 0) is 17.8 Å². The van der Waals surface area contributed by atoms with Gasteiger partial charge in [-0.3, -0.25) is 0 Å². The summed E-state index contributed by atoms with van der Waals surface area (Å²) in [5.41, 5.74) is 1.02. The zero-order valence-electron chi connectivity index (χ0n) is 11.2. The van der Waals surface area contributed by atoms with Crippen LogP contribution in [0.4, 0.5) is 5.13 Å². The number of likely N-dealkylation sites (N-methyl/N-ethyl adjacent to an activating group) is 1. The van der Waals surface area contributed by atoms with Crippen LogP contribution >= 0.6 is 11.3 Å². The minimum absolute atomic E-state index is 0.0901. The Kier molecular flexibility index (Phi) is 4.97. The molecule has 1 saturated carbocycles. The number of ether oxygens (including phenoxy) is 1. The Morgan fingerprint density at radius 1 is 1.50 bits per heavy atom. The molecule has 1 aromatic rings. The number of aliphatic hydroxyl groups is 1. The Labute approximate surface area is 113 Å². The molecular weight excluding hydrogens is 248 g/mol. The standard InChI is InChI=1S/C13H22N2O2S/c1-3-11-12(8-16)18-13(14-11)15(2)6-7-17-9-10-4-5-10/h10,16H,3-9H2,1-2H3. The van der Waals surface area contributed by atoms with Crippen molar-refractivity contribution in [2.75, 3.05) is 31.7 Å². The summed E-state index contributed by atoms with van der Waals surface area (Å²) >= 11 is 1.58. The van der Waals surface area contributed by atoms with Gasteiger partial charge in [-0.2, -0.15) is 0 Å². The van der Waals surface area contributed by atoms with E-state index in [1.807, 2.05) is 7.05 Å². The number of hydrogen-bond donors (Lipinski definition) is 1. The van der Waals surface area contributed by atoms with Crippen LogP contribution in [0.15, 0.2) is 0 Å². The molecule has 18 heavy (non-hydrogen) atoms. The Morgan fingerprint density at radius 3 is 2.83 bits per heavy atom. The van der Waals surface area contributed by atoms with E-state index in [-0.39, 0.29) is 6.61 Å². The monoisotopic (exact) mass is 270 g/mol. The largest absolute Gasteiger partial charge is 0.391 e. The third-order valence-corrected chi connectivity index (χ3v) is 4.39. The summed E-state index contributed by atoms with van der Waals surface area (Å²) in [5, 5.41) is 10.2. The molecule has 0 spiro atoms. The average Bonchev–Trinajstić information content (AvgIpc) is 3.11. The van der Waals surface area contributed by atoms with Crippen molar-refractivity contribution in [3.63, 3.8) is 0 Å². The quantitative estimate of drug-likeness (QED) is 0.735. The maximum absolute atomic E-state index is 9.25. The van der Waals surface area contributed by atoms with E-state index in [2.05, 4.69) is 16.8 Å². The third-order valence-electron chi connectivity index (χ3n) is 3.19. The Morgan fingerprint density at radius 2 is 2.28 bits per heavy atom. The van der Waals surface area contributed by atoms with Crippen molar-refractivity contribution in [2.24, 2.45) is 5.92 Å². The van der Waals surface area contributed by atoms with Crippen LogP contribution in [0.3, 0.4) is 0 Å². The molecule has 1 fully saturated rings. The van der Waals surface area contributed by atoms with E-state index in [9.17, 15) is 5.11 Å². The van der Waals surface area contributed by atoms with Crippen molar-refractivity contribution in [3.05, 3.63) is 10.6 Å². The lowest BCUT2D eigenvalue weighted by Gasteiger charge is -2.15. The van der Waals surface area contributed by atoms with Crippen molar-refractivity contribution in [3.8, 4) is 0 Å². The molecule has 1 heterocycles. The molecular formula is C13H22N2O2S. The number of thiazole rings is 1. The first-order chi connectivity index (χ1) is 8.74. The van der Waals surface area contributed by atoms with Crippen molar-refractivity contribution in [1.82, 2.24) is 4.98 Å². The van der Waals surface area contributed by atoms with E-state index in [1.165, 1.54) is 12.8 Å². The van der Waals surface area contributed by atoms with Gasteiger partial charge >= 0.3 is 0 Å². The fourth-order valence-electron chi connectivity index (χ4n) is 1.76. The van der Waals surface area contributed by atoms with E-state index < -0.39 is 0 Å². The lowest BCUT2D eigenvalue weighted by Crippen LogP contribution is -2.22. The maximum Gasteiger partial charge on any atom is 0.185 e. The van der Waals surface area contributed by atoms with E-state index in [4.69, 9.17) is 4.74 Å². The van der Waals surface area contributed by atoms with Gasteiger partial charge in [-0.05, 0) is 25.2 Å². The highest BCUT2D eigenvalue weighted by atomic mass is 32.1. The Hall–Kier alpha value is -0.650. The summed E-state index contributed by atoms with van der Waals surface area (Å²) in [4.78, 5) is 7.65. The molecule has 0 aliphatic heterocycles. The first kappa shape index (κ1) is 13.8. The van der Waals surface area contributed by atoms with Crippen LogP contribution in [0.1, 0.15) is 30.3 Å². The summed E-state index contributed by atoms with van der Waals surface area (Å²) in [6, 6.07) is 0. The molecule has 4 nitrogen and oxygen atoms in total. The van der Waals surface area contributed by atoms with Crippen molar-refractivity contribution < 1.29 is 9.84 Å². The summed E-state index contributed by atoms with van der Waals surface area (Å²) in [6.07, 6.45) is 3.54. The molecule has 0 aromatic carbocycles. The van der Waals surface area contributed by atoms with E-state index >= 15 is 0 Å². The van der Waals surface area contributed by atoms with Gasteiger partial charge in [0.2, 0.25) is 0 Å². The molecule has 1 aromatic heterocycles. The molecule has 102 valence electrons. The smallest absolute Gasteiger partial charge is 0.185 e. The lowest BCUT2D eigenvalue weighted by atomic mass is 10.3. The van der Waals surface area contributed by atoms with E-state index in [0.29, 0.717) is 0 Å². The number of aryl methyl sites for hydroxylation is 1. The van der Waals surface area contributed by atoms with Crippen LogP contribution in [0.25, 0.3) is 0 Å². The normalized spacial score (nSPS) is 15.1. The predicted molar refractivity (Wildman–Crippen MR) is 74.2 cm³/mol. The molecule has 0 unspecified atom stereocenters. The maximum atomic E-state index is 9.25. The second kappa shape index (κ2) is 6.50. The van der Waals surface area contributed by atoms with Crippen LogP contribution in [-0.4, -0.2) is 36.9 Å². The van der Waals surface area contributed by atoms with Gasteiger partial charge in [0.1, 0.15) is 0 Å². The van der Waals surface area contributed by atoms with Crippen LogP contribution in [0.2, 0.25) is 0 Å². The molecule has 0 atom stereocenters. The molecule has 0 amide bonds. The summed E-state index contributed by atoms with van der Waals surface area (Å²) in [6.45, 7) is 4.67. The zero-order valence-corrected chi connectivity index (χ0v) is 12.0. The fourth-order valence-corrected chi connectivity index (χ4v) is 2.76. The molecule has 1 aliphatic carbocycles. The zero-order chi connectivity index (χ0) is 13.0. The number of hydrogen-bond acceptors (Lipinski definition) is 5. The van der Waals surface area contributed by atoms with Crippen LogP contribution in [0.5, 0.6) is 0 Å². The van der Waals surface area contributed by atoms with Gasteiger partial charge in [0.25, 0.3) is 0 Å². The second-order valence-electron chi connectivity index (χ2n) is 4.82. The SMILES string of the molecule is CCc1nc(N(C)CCOCC2CC2)sc1CO. The number of aliphatic hydroxyl groups excluding tert-OH is 1. The molecule has 5 heteroatoms. The van der Waals surface area contributed by atoms with Crippen LogP contribution in [0, 0.1) is 5.92 Å². The van der Waals surface area contributed by atoms with Gasteiger partial charge in [-0.15, -0.1) is 0 Å². The Bertz CT molecular complexity index is 356. The van der Waals surface area contributed by atoms with Crippen molar-refractivity contribution >= 4 is 16.5 Å². The fraction of sp³-hybridized carbons (Fsp3) is 0.769. The second-order valence-corrected chi connectivity index (χ2v) is 5.88. The van der Waals surface area contributed by atoms with Gasteiger partial charge in [0.15, 0.2) is 5.13 Å². The molecule has 1 N–H and O–H groups in total. The van der Waals surface area contributed by atoms with Gasteiger partial charge in [-0.1, -0.05) is 18.3 Å². The minimum Gasteiger partial charge on any atom is -0.391 e. The van der Waals surface area contributed by atoms with Crippen LogP contribution < -0.4 is 4.90 Å². The molecule has 0 saturated heterocycles. The van der Waals surface area contributed by atoms with E-state index in [0.717, 1.165) is 47.8 Å². The van der Waals surface area contributed by atoms with Crippen molar-refractivity contribution in [2.45, 2.75) is 32.8 Å². The number of anilines is 1. The first-order valence-corrected chi connectivity index (χ1v) is 7.44. The molecule has 0 radical (unpaired) electrons. The predicted octanol–water partition coefficient (Wildman–Crippen LogP) is 2.06. The average molecular weight is 270 g/mol. The van der Waals surface area contributed by atoms with Gasteiger partial charge < -0.3 is 14.7 Å². The van der Waals surface area contributed by atoms with Gasteiger partial charge in [-0.25, -0.2) is 4.98 Å². The number of aromatic nitrogens is 1.